The largest absolute Gasteiger partial charge is 0.493 e. The van der Waals surface area contributed by atoms with Gasteiger partial charge in [0, 0.05) is 30.8 Å². The number of carbonyl (C=O) groups excluding carboxylic acids is 1. The number of hydrogen-bond acceptors (Lipinski definition) is 9. The highest BCUT2D eigenvalue weighted by Gasteiger charge is 2.19. The van der Waals surface area contributed by atoms with Crippen molar-refractivity contribution in [3.63, 3.8) is 0 Å². The number of nitrogens with zero attached hydrogens (tertiary/aromatic N) is 5. The van der Waals surface area contributed by atoms with E-state index in [1.165, 1.54) is 29.2 Å². The molecule has 4 N–H and O–H groups in total. The van der Waals surface area contributed by atoms with Crippen LogP contribution in [0.2, 0.25) is 0 Å². The van der Waals surface area contributed by atoms with Crippen LogP contribution < -0.4 is 21.3 Å². The van der Waals surface area contributed by atoms with E-state index in [0.29, 0.717) is 46.5 Å². The van der Waals surface area contributed by atoms with Crippen LogP contribution in [0.4, 0.5) is 5.82 Å². The molecular formula is C20H20N8O3S. The first kappa shape index (κ1) is 21.2. The number of ether oxygens (including phenoxy) is 1. The number of fused-ring (bicyclic) bond motifs is 3. The molecule has 0 aliphatic heterocycles. The minimum atomic E-state index is -0.275. The maximum absolute atomic E-state index is 13.2. The first-order chi connectivity index (χ1) is 15.5. The Labute approximate surface area is 185 Å². The summed E-state index contributed by atoms with van der Waals surface area (Å²) in [7, 11) is 3.26. The molecule has 4 rings (SSSR count). The molecule has 0 spiro atoms. The summed E-state index contributed by atoms with van der Waals surface area (Å²) in [6, 6.07) is 3.37. The molecule has 4 aromatic rings. The molecule has 4 aromatic heterocycles. The lowest BCUT2D eigenvalue weighted by atomic mass is 10.3. The maximum atomic E-state index is 13.2. The topological polar surface area (TPSA) is 154 Å². The fourth-order valence-electron chi connectivity index (χ4n) is 3.41. The summed E-state index contributed by atoms with van der Waals surface area (Å²) in [5, 5.41) is 15.4. The molecule has 0 aliphatic rings. The number of aromatic nitrogens is 5. The molecule has 0 aromatic carbocycles. The molecule has 164 valence electrons. The number of nitrogens with two attached hydrogens (primary N) is 1. The molecule has 0 atom stereocenters. The van der Waals surface area contributed by atoms with E-state index in [4.69, 9.17) is 15.9 Å². The average molecular weight is 453 g/mol. The Bertz CT molecular complexity index is 1430. The Hall–Kier alpha value is -4.06. The average Bonchev–Trinajstić information content (AvgIpc) is 3.29. The first-order valence-corrected chi connectivity index (χ1v) is 10.3. The Morgan fingerprint density at radius 1 is 1.38 bits per heavy atom. The van der Waals surface area contributed by atoms with Crippen molar-refractivity contribution in [1.29, 1.82) is 5.41 Å². The van der Waals surface area contributed by atoms with Gasteiger partial charge >= 0.3 is 0 Å². The third-order valence-corrected chi connectivity index (χ3v) is 5.94. The zero-order valence-electron chi connectivity index (χ0n) is 17.3. The van der Waals surface area contributed by atoms with E-state index in [0.717, 1.165) is 15.9 Å². The molecule has 0 unspecified atom stereocenters. The number of amides is 1. The summed E-state index contributed by atoms with van der Waals surface area (Å²) in [5.41, 5.74) is 7.86. The number of methoxy groups -OCH3 is 1. The van der Waals surface area contributed by atoms with Gasteiger partial charge in [-0.25, -0.2) is 14.6 Å². The molecule has 1 amide bonds. The van der Waals surface area contributed by atoms with Gasteiger partial charge in [0.2, 0.25) is 6.41 Å². The summed E-state index contributed by atoms with van der Waals surface area (Å²) in [6.45, 7) is 0.120. The van der Waals surface area contributed by atoms with Gasteiger partial charge in [0.15, 0.2) is 17.2 Å². The van der Waals surface area contributed by atoms with Crippen LogP contribution >= 0.6 is 11.3 Å². The number of allylic oxidation sites excluding steroid dienone is 2. The van der Waals surface area contributed by atoms with Gasteiger partial charge < -0.3 is 25.8 Å². The molecule has 0 radical (unpaired) electrons. The highest BCUT2D eigenvalue weighted by molar-refractivity contribution is 7.19. The zero-order chi connectivity index (χ0) is 22.8. The summed E-state index contributed by atoms with van der Waals surface area (Å²) in [6.07, 6.45) is 5.25. The molecule has 0 bridgehead atoms. The second-order valence-electron chi connectivity index (χ2n) is 6.89. The smallest absolute Gasteiger partial charge is 0.291 e. The van der Waals surface area contributed by atoms with Crippen LogP contribution in [0.1, 0.15) is 10.7 Å². The second kappa shape index (κ2) is 8.59. The van der Waals surface area contributed by atoms with Gasteiger partial charge in [-0.1, -0.05) is 0 Å². The summed E-state index contributed by atoms with van der Waals surface area (Å²) < 4.78 is 9.10. The van der Waals surface area contributed by atoms with Crippen LogP contribution in [-0.4, -0.2) is 44.1 Å². The fraction of sp³-hybridized carbons (Fsp3) is 0.200. The summed E-state index contributed by atoms with van der Waals surface area (Å²) in [4.78, 5) is 33.0. The minimum absolute atomic E-state index is 0.120. The lowest BCUT2D eigenvalue weighted by molar-refractivity contribution is -0.105. The van der Waals surface area contributed by atoms with Crippen molar-refractivity contribution in [3.8, 4) is 5.75 Å². The number of nitrogens with one attached hydrogen (secondary N) is 2. The number of hydrogen-bond donors (Lipinski definition) is 3. The van der Waals surface area contributed by atoms with Crippen molar-refractivity contribution in [2.45, 2.75) is 13.0 Å². The Kier molecular flexibility index (Phi) is 5.69. The Morgan fingerprint density at radius 3 is 2.91 bits per heavy atom. The van der Waals surface area contributed by atoms with E-state index in [2.05, 4.69) is 20.4 Å². The highest BCUT2D eigenvalue weighted by atomic mass is 32.1. The molecule has 0 saturated heterocycles. The fourth-order valence-corrected chi connectivity index (χ4v) is 4.55. The number of pyridine rings is 1. The van der Waals surface area contributed by atoms with Crippen molar-refractivity contribution in [1.82, 2.24) is 24.3 Å². The Balaban J connectivity index is 1.73. The Morgan fingerprint density at radius 2 is 2.19 bits per heavy atom. The van der Waals surface area contributed by atoms with Crippen molar-refractivity contribution in [2.75, 3.05) is 12.4 Å². The van der Waals surface area contributed by atoms with Gasteiger partial charge in [0.05, 0.1) is 30.2 Å². The van der Waals surface area contributed by atoms with Crippen molar-refractivity contribution in [3.05, 3.63) is 51.2 Å². The molecule has 4 heterocycles. The number of aryl methyl sites for hydroxylation is 1. The monoisotopic (exact) mass is 452 g/mol. The number of thiazole rings is 1. The molecule has 0 fully saturated rings. The zero-order valence-corrected chi connectivity index (χ0v) is 18.1. The third kappa shape index (κ3) is 3.71. The van der Waals surface area contributed by atoms with Crippen LogP contribution in [0.25, 0.3) is 21.3 Å². The number of anilines is 1. The molecule has 11 nitrogen and oxygen atoms in total. The normalized spacial score (nSPS) is 11.8. The van der Waals surface area contributed by atoms with Crippen LogP contribution in [0, 0.1) is 5.41 Å². The van der Waals surface area contributed by atoms with Crippen LogP contribution in [0.15, 0.2) is 34.9 Å². The number of carbonyl (C=O) groups is 1. The second-order valence-corrected chi connectivity index (χ2v) is 7.97. The van der Waals surface area contributed by atoms with E-state index in [-0.39, 0.29) is 17.9 Å². The van der Waals surface area contributed by atoms with Crippen molar-refractivity contribution in [2.24, 2.45) is 12.8 Å². The quantitative estimate of drug-likeness (QED) is 0.270. The van der Waals surface area contributed by atoms with E-state index < -0.39 is 0 Å². The van der Waals surface area contributed by atoms with Gasteiger partial charge in [-0.05, 0) is 18.2 Å². The SMILES string of the molecule is COc1ccc(Cn2ncc3c4sc(CC(N)=CC=N)nc4n(C)c3c2=O)nc1NC=O. The van der Waals surface area contributed by atoms with Crippen LogP contribution in [-0.2, 0) is 24.8 Å². The van der Waals surface area contributed by atoms with Gasteiger partial charge in [-0.2, -0.15) is 5.10 Å². The molecule has 12 heteroatoms. The lowest BCUT2D eigenvalue weighted by Crippen LogP contribution is -2.25. The molecular weight excluding hydrogens is 432 g/mol. The third-order valence-electron chi connectivity index (χ3n) is 4.87. The van der Waals surface area contributed by atoms with E-state index >= 15 is 0 Å². The molecule has 0 aliphatic carbocycles. The van der Waals surface area contributed by atoms with Crippen molar-refractivity contribution >= 4 is 51.0 Å². The van der Waals surface area contributed by atoms with Crippen LogP contribution in [0.5, 0.6) is 5.75 Å². The standard InChI is InChI=1S/C20H20N8O3S/c1-27-16-13(17-19(27)26-15(32-17)7-11(22)5-6-21)8-24-28(20(16)30)9-12-3-4-14(31-2)18(25-12)23-10-29/h3-6,8,10,21H,7,9,22H2,1-2H3,(H,23,25,29). The number of rotatable bonds is 8. The van der Waals surface area contributed by atoms with Gasteiger partial charge in [-0.3, -0.25) is 9.59 Å². The van der Waals surface area contributed by atoms with Crippen LogP contribution in [0.3, 0.4) is 0 Å². The molecule has 32 heavy (non-hydrogen) atoms. The van der Waals surface area contributed by atoms with Gasteiger partial charge in [-0.15, -0.1) is 11.3 Å². The van der Waals surface area contributed by atoms with Crippen molar-refractivity contribution < 1.29 is 9.53 Å². The van der Waals surface area contributed by atoms with Gasteiger partial charge in [0.1, 0.15) is 10.5 Å². The van der Waals surface area contributed by atoms with E-state index in [1.54, 1.807) is 29.9 Å². The highest BCUT2D eigenvalue weighted by Crippen LogP contribution is 2.31. The van der Waals surface area contributed by atoms with E-state index in [9.17, 15) is 9.59 Å². The summed E-state index contributed by atoms with van der Waals surface area (Å²) >= 11 is 1.45. The molecule has 0 saturated carbocycles. The first-order valence-electron chi connectivity index (χ1n) is 9.50. The predicted octanol–water partition coefficient (Wildman–Crippen LogP) is 1.40. The maximum Gasteiger partial charge on any atom is 0.291 e. The lowest BCUT2D eigenvalue weighted by Gasteiger charge is -2.09. The van der Waals surface area contributed by atoms with Gasteiger partial charge in [0.25, 0.3) is 5.56 Å². The predicted molar refractivity (Wildman–Crippen MR) is 122 cm³/mol. The minimum Gasteiger partial charge on any atom is -0.493 e. The van der Waals surface area contributed by atoms with E-state index in [1.807, 2.05) is 0 Å². The summed E-state index contributed by atoms with van der Waals surface area (Å²) in [5.74, 6) is 0.679.